The van der Waals surface area contributed by atoms with E-state index >= 15 is 0 Å². The number of ether oxygens (including phenoxy) is 2. The quantitative estimate of drug-likeness (QED) is 0.603. The molecular weight excluding hydrogens is 192 g/mol. The Balaban J connectivity index is 4.39. The molecule has 0 rings (SSSR count). The van der Waals surface area contributed by atoms with E-state index in [4.69, 9.17) is 20.0 Å². The molecule has 1 atom stereocenters. The highest BCUT2D eigenvalue weighted by molar-refractivity contribution is 4.99. The van der Waals surface area contributed by atoms with Gasteiger partial charge >= 0.3 is 0 Å². The number of nitrogens with zero attached hydrogens (tertiary/aromatic N) is 2. The zero-order valence-electron chi connectivity index (χ0n) is 9.56. The van der Waals surface area contributed by atoms with Gasteiger partial charge in [-0.2, -0.15) is 10.5 Å². The smallest absolute Gasteiger partial charge is 0.159 e. The summed E-state index contributed by atoms with van der Waals surface area (Å²) in [6, 6.07) is 3.94. The predicted molar refractivity (Wildman–Crippen MR) is 55.5 cm³/mol. The SMILES string of the molecule is CCCC(CC(C#N)C#N)C(OC)OC. The molecule has 0 aliphatic carbocycles. The molecule has 0 aliphatic heterocycles. The third-order valence-electron chi connectivity index (χ3n) is 2.36. The van der Waals surface area contributed by atoms with Crippen LogP contribution in [0.25, 0.3) is 0 Å². The molecule has 0 spiro atoms. The van der Waals surface area contributed by atoms with Crippen LogP contribution in [0, 0.1) is 34.5 Å². The van der Waals surface area contributed by atoms with Crippen molar-refractivity contribution in [1.29, 1.82) is 10.5 Å². The molecule has 0 radical (unpaired) electrons. The molecule has 0 N–H and O–H groups in total. The van der Waals surface area contributed by atoms with Crippen LogP contribution in [-0.4, -0.2) is 20.5 Å². The van der Waals surface area contributed by atoms with Crippen molar-refractivity contribution in [3.8, 4) is 12.1 Å². The molecule has 0 saturated heterocycles. The highest BCUT2D eigenvalue weighted by Crippen LogP contribution is 2.22. The van der Waals surface area contributed by atoms with E-state index in [9.17, 15) is 0 Å². The first-order chi connectivity index (χ1) is 7.23. The van der Waals surface area contributed by atoms with Gasteiger partial charge in [-0.3, -0.25) is 0 Å². The normalized spacial score (nSPS) is 12.5. The van der Waals surface area contributed by atoms with Gasteiger partial charge in [0.1, 0.15) is 5.92 Å². The summed E-state index contributed by atoms with van der Waals surface area (Å²) in [4.78, 5) is 0. The Hall–Kier alpha value is -1.10. The lowest BCUT2D eigenvalue weighted by Gasteiger charge is -2.24. The zero-order chi connectivity index (χ0) is 11.7. The summed E-state index contributed by atoms with van der Waals surface area (Å²) >= 11 is 0. The van der Waals surface area contributed by atoms with E-state index < -0.39 is 5.92 Å². The number of methoxy groups -OCH3 is 2. The molecule has 0 aromatic heterocycles. The molecule has 0 saturated carbocycles. The summed E-state index contributed by atoms with van der Waals surface area (Å²) in [5.74, 6) is -0.469. The van der Waals surface area contributed by atoms with Crippen LogP contribution in [-0.2, 0) is 9.47 Å². The largest absolute Gasteiger partial charge is 0.356 e. The van der Waals surface area contributed by atoms with Gasteiger partial charge in [0.15, 0.2) is 6.29 Å². The minimum atomic E-state index is -0.575. The zero-order valence-corrected chi connectivity index (χ0v) is 9.56. The second-order valence-corrected chi connectivity index (χ2v) is 3.44. The van der Waals surface area contributed by atoms with E-state index in [0.29, 0.717) is 6.42 Å². The molecule has 0 heterocycles. The topological polar surface area (TPSA) is 66.0 Å². The van der Waals surface area contributed by atoms with Crippen LogP contribution in [0.4, 0.5) is 0 Å². The Morgan fingerprint density at radius 2 is 1.67 bits per heavy atom. The Morgan fingerprint density at radius 3 is 2.00 bits per heavy atom. The van der Waals surface area contributed by atoms with Gasteiger partial charge in [0.25, 0.3) is 0 Å². The third-order valence-corrected chi connectivity index (χ3v) is 2.36. The van der Waals surface area contributed by atoms with E-state index in [0.717, 1.165) is 12.8 Å². The maximum atomic E-state index is 8.72. The van der Waals surface area contributed by atoms with E-state index in [2.05, 4.69) is 6.92 Å². The van der Waals surface area contributed by atoms with Crippen LogP contribution in [0.5, 0.6) is 0 Å². The fourth-order valence-electron chi connectivity index (χ4n) is 1.65. The molecule has 15 heavy (non-hydrogen) atoms. The molecule has 0 aliphatic rings. The van der Waals surface area contributed by atoms with E-state index in [1.165, 1.54) is 0 Å². The Bertz CT molecular complexity index is 224. The summed E-state index contributed by atoms with van der Waals surface area (Å²) in [5.41, 5.74) is 0. The number of hydrogen-bond donors (Lipinski definition) is 0. The first-order valence-corrected chi connectivity index (χ1v) is 5.08. The summed E-state index contributed by atoms with van der Waals surface area (Å²) < 4.78 is 10.3. The van der Waals surface area contributed by atoms with Crippen molar-refractivity contribution in [2.24, 2.45) is 11.8 Å². The monoisotopic (exact) mass is 210 g/mol. The maximum absolute atomic E-state index is 8.72. The minimum absolute atomic E-state index is 0.106. The van der Waals surface area contributed by atoms with Crippen molar-refractivity contribution in [3.63, 3.8) is 0 Å². The van der Waals surface area contributed by atoms with Crippen LogP contribution in [0.1, 0.15) is 26.2 Å². The highest BCUT2D eigenvalue weighted by atomic mass is 16.7. The van der Waals surface area contributed by atoms with Crippen LogP contribution in [0.3, 0.4) is 0 Å². The van der Waals surface area contributed by atoms with Gasteiger partial charge in [-0.25, -0.2) is 0 Å². The highest BCUT2D eigenvalue weighted by Gasteiger charge is 2.23. The van der Waals surface area contributed by atoms with E-state index in [1.54, 1.807) is 14.2 Å². The Morgan fingerprint density at radius 1 is 1.13 bits per heavy atom. The molecular formula is C11H18N2O2. The average Bonchev–Trinajstić information content (AvgIpc) is 2.27. The van der Waals surface area contributed by atoms with Crippen LogP contribution in [0.15, 0.2) is 0 Å². The first kappa shape index (κ1) is 13.9. The lowest BCUT2D eigenvalue weighted by molar-refractivity contribution is -0.141. The van der Waals surface area contributed by atoms with Crippen molar-refractivity contribution in [3.05, 3.63) is 0 Å². The fraction of sp³-hybridized carbons (Fsp3) is 0.818. The van der Waals surface area contributed by atoms with E-state index in [-0.39, 0.29) is 12.2 Å². The summed E-state index contributed by atoms with van der Waals surface area (Å²) in [5, 5.41) is 17.4. The van der Waals surface area contributed by atoms with Gasteiger partial charge in [0.2, 0.25) is 0 Å². The average molecular weight is 210 g/mol. The van der Waals surface area contributed by atoms with Crippen molar-refractivity contribution in [2.75, 3.05) is 14.2 Å². The Labute approximate surface area is 91.4 Å². The van der Waals surface area contributed by atoms with Crippen LogP contribution < -0.4 is 0 Å². The number of rotatable bonds is 7. The summed E-state index contributed by atoms with van der Waals surface area (Å²) in [6.45, 7) is 2.06. The Kier molecular flexibility index (Phi) is 7.62. The number of nitriles is 2. The van der Waals surface area contributed by atoms with Crippen molar-refractivity contribution < 1.29 is 9.47 Å². The van der Waals surface area contributed by atoms with Gasteiger partial charge < -0.3 is 9.47 Å². The standard InChI is InChI=1S/C11H18N2O2/c1-4-5-10(11(14-2)15-3)6-9(7-12)8-13/h9-11H,4-6H2,1-3H3. The molecule has 0 bridgehead atoms. The molecule has 0 aromatic rings. The third kappa shape index (κ3) is 4.78. The maximum Gasteiger partial charge on any atom is 0.159 e. The molecule has 4 heteroatoms. The molecule has 0 aromatic carbocycles. The van der Waals surface area contributed by atoms with Gasteiger partial charge in [-0.15, -0.1) is 0 Å². The van der Waals surface area contributed by atoms with Crippen LogP contribution in [0.2, 0.25) is 0 Å². The second kappa shape index (κ2) is 8.23. The molecule has 4 nitrogen and oxygen atoms in total. The summed E-state index contributed by atoms with van der Waals surface area (Å²) in [7, 11) is 3.15. The van der Waals surface area contributed by atoms with Crippen molar-refractivity contribution >= 4 is 0 Å². The lowest BCUT2D eigenvalue weighted by atomic mass is 9.92. The van der Waals surface area contributed by atoms with Crippen molar-refractivity contribution in [2.45, 2.75) is 32.5 Å². The summed E-state index contributed by atoms with van der Waals surface area (Å²) in [6.07, 6.45) is 2.06. The van der Waals surface area contributed by atoms with Gasteiger partial charge in [-0.05, 0) is 12.8 Å². The van der Waals surface area contributed by atoms with Gasteiger partial charge in [0.05, 0.1) is 12.1 Å². The van der Waals surface area contributed by atoms with Gasteiger partial charge in [-0.1, -0.05) is 13.3 Å². The number of hydrogen-bond acceptors (Lipinski definition) is 4. The van der Waals surface area contributed by atoms with Crippen molar-refractivity contribution in [1.82, 2.24) is 0 Å². The molecule has 0 amide bonds. The predicted octanol–water partition coefficient (Wildman–Crippen LogP) is 2.08. The lowest BCUT2D eigenvalue weighted by Crippen LogP contribution is -2.26. The van der Waals surface area contributed by atoms with Gasteiger partial charge in [0, 0.05) is 20.1 Å². The second-order valence-electron chi connectivity index (χ2n) is 3.44. The van der Waals surface area contributed by atoms with Crippen LogP contribution >= 0.6 is 0 Å². The van der Waals surface area contributed by atoms with E-state index in [1.807, 2.05) is 12.1 Å². The molecule has 84 valence electrons. The molecule has 1 unspecified atom stereocenters. The minimum Gasteiger partial charge on any atom is -0.356 e. The fourth-order valence-corrected chi connectivity index (χ4v) is 1.65. The first-order valence-electron chi connectivity index (χ1n) is 5.08. The molecule has 0 fully saturated rings.